The highest BCUT2D eigenvalue weighted by Crippen LogP contribution is 2.46. The van der Waals surface area contributed by atoms with Crippen molar-refractivity contribution < 1.29 is 23.5 Å². The highest BCUT2D eigenvalue weighted by atomic mass is 32.1. The summed E-state index contributed by atoms with van der Waals surface area (Å²) in [6, 6.07) is 10.3. The van der Waals surface area contributed by atoms with Gasteiger partial charge in [-0.05, 0) is 30.9 Å². The predicted octanol–water partition coefficient (Wildman–Crippen LogP) is 4.44. The molecule has 2 atom stereocenters. The van der Waals surface area contributed by atoms with Gasteiger partial charge in [0, 0.05) is 46.9 Å². The van der Waals surface area contributed by atoms with Gasteiger partial charge in [-0.15, -0.1) is 11.3 Å². The lowest BCUT2D eigenvalue weighted by atomic mass is 9.72. The summed E-state index contributed by atoms with van der Waals surface area (Å²) in [6.45, 7) is 2.10. The number of ether oxygens (including phenoxy) is 2. The van der Waals surface area contributed by atoms with Gasteiger partial charge in [0.2, 0.25) is 0 Å². The summed E-state index contributed by atoms with van der Waals surface area (Å²) in [6.07, 6.45) is 0.965. The maximum absolute atomic E-state index is 14.9. The van der Waals surface area contributed by atoms with E-state index in [0.717, 1.165) is 10.6 Å². The normalized spacial score (nSPS) is 21.1. The maximum atomic E-state index is 14.9. The molecule has 1 aliphatic heterocycles. The summed E-state index contributed by atoms with van der Waals surface area (Å²) in [5, 5.41) is 5.27. The Hall–Kier alpha value is -2.77. The number of ketones is 1. The Kier molecular flexibility index (Phi) is 6.34. The van der Waals surface area contributed by atoms with Crippen molar-refractivity contribution in [3.8, 4) is 0 Å². The van der Waals surface area contributed by atoms with E-state index in [1.807, 2.05) is 17.5 Å². The fourth-order valence-corrected chi connectivity index (χ4v) is 5.18. The molecule has 4 rings (SSSR count). The van der Waals surface area contributed by atoms with Crippen LogP contribution in [-0.2, 0) is 19.1 Å². The van der Waals surface area contributed by atoms with E-state index in [0.29, 0.717) is 29.7 Å². The zero-order valence-corrected chi connectivity index (χ0v) is 18.3. The second-order valence-electron chi connectivity index (χ2n) is 7.68. The predicted molar refractivity (Wildman–Crippen MR) is 116 cm³/mol. The lowest BCUT2D eigenvalue weighted by Gasteiger charge is -2.36. The van der Waals surface area contributed by atoms with Crippen LogP contribution in [0.15, 0.2) is 64.3 Å². The molecule has 162 valence electrons. The number of carbonyl (C=O) groups is 2. The van der Waals surface area contributed by atoms with Gasteiger partial charge in [-0.2, -0.15) is 0 Å². The van der Waals surface area contributed by atoms with E-state index < -0.39 is 17.7 Å². The van der Waals surface area contributed by atoms with Crippen LogP contribution in [0.5, 0.6) is 0 Å². The topological polar surface area (TPSA) is 64.6 Å². The second kappa shape index (κ2) is 9.16. The summed E-state index contributed by atoms with van der Waals surface area (Å²) in [4.78, 5) is 27.5. The molecule has 1 aliphatic carbocycles. The molecule has 1 aromatic heterocycles. The summed E-state index contributed by atoms with van der Waals surface area (Å²) >= 11 is 1.63. The van der Waals surface area contributed by atoms with E-state index in [2.05, 4.69) is 5.32 Å². The van der Waals surface area contributed by atoms with Gasteiger partial charge in [0.1, 0.15) is 12.4 Å². The molecule has 7 heteroatoms. The standard InChI is InChI=1S/C24H24FNO4S/c1-14-21(24(28)30-10-9-29-2)22(16-6-3-4-7-17(16)25)23-18(26-14)12-15(13-19(23)27)20-8-5-11-31-20/h3-8,11,15,22,26H,9-10,12-13H2,1-2H3/t15-,22+/m0/s1. The van der Waals surface area contributed by atoms with Crippen LogP contribution in [0.2, 0.25) is 0 Å². The molecule has 0 amide bonds. The molecule has 0 saturated heterocycles. The Balaban J connectivity index is 1.77. The van der Waals surface area contributed by atoms with Crippen LogP contribution < -0.4 is 5.32 Å². The molecule has 2 aliphatic rings. The van der Waals surface area contributed by atoms with Crippen LogP contribution in [0, 0.1) is 5.82 Å². The van der Waals surface area contributed by atoms with Crippen LogP contribution in [0.25, 0.3) is 0 Å². The van der Waals surface area contributed by atoms with Gasteiger partial charge < -0.3 is 14.8 Å². The minimum absolute atomic E-state index is 0.0722. The molecule has 1 N–H and O–H groups in total. The SMILES string of the molecule is COCCOC(=O)C1=C(C)NC2=C(C(=O)C[C@@H](c3cccs3)C2)[C@@H]1c1ccccc1F. The van der Waals surface area contributed by atoms with Crippen LogP contribution in [0.3, 0.4) is 0 Å². The first-order chi connectivity index (χ1) is 15.0. The van der Waals surface area contributed by atoms with Crippen molar-refractivity contribution in [3.05, 3.63) is 80.6 Å². The lowest BCUT2D eigenvalue weighted by Crippen LogP contribution is -2.36. The molecular weight excluding hydrogens is 417 g/mol. The number of rotatable bonds is 6. The summed E-state index contributed by atoms with van der Waals surface area (Å²) in [5.74, 6) is -1.83. The number of nitrogens with one attached hydrogen (secondary N) is 1. The molecule has 31 heavy (non-hydrogen) atoms. The third-order valence-corrected chi connectivity index (χ3v) is 6.76. The number of Topliss-reactive ketones (excluding diaryl/α,β-unsaturated/α-hetero) is 1. The number of carbonyl (C=O) groups excluding carboxylic acids is 2. The fourth-order valence-electron chi connectivity index (χ4n) is 4.35. The molecule has 0 bridgehead atoms. The largest absolute Gasteiger partial charge is 0.460 e. The average Bonchev–Trinajstić information content (AvgIpc) is 3.28. The molecule has 0 radical (unpaired) electrons. The van der Waals surface area contributed by atoms with Crippen molar-refractivity contribution in [2.75, 3.05) is 20.3 Å². The Bertz CT molecular complexity index is 1060. The number of hydrogen-bond donors (Lipinski definition) is 1. The van der Waals surface area contributed by atoms with Gasteiger partial charge in [0.05, 0.1) is 18.1 Å². The minimum atomic E-state index is -0.802. The first-order valence-corrected chi connectivity index (χ1v) is 11.1. The number of dihydropyridines is 1. The molecule has 0 spiro atoms. The Morgan fingerprint density at radius 1 is 1.19 bits per heavy atom. The fraction of sp³-hybridized carbons (Fsp3) is 0.333. The zero-order chi connectivity index (χ0) is 22.0. The van der Waals surface area contributed by atoms with Crippen LogP contribution in [0.1, 0.15) is 42.0 Å². The van der Waals surface area contributed by atoms with Gasteiger partial charge in [0.25, 0.3) is 0 Å². The quantitative estimate of drug-likeness (QED) is 0.530. The first kappa shape index (κ1) is 21.5. The van der Waals surface area contributed by atoms with Gasteiger partial charge in [-0.25, -0.2) is 9.18 Å². The van der Waals surface area contributed by atoms with Crippen molar-refractivity contribution in [3.63, 3.8) is 0 Å². The Morgan fingerprint density at radius 3 is 2.71 bits per heavy atom. The number of hydrogen-bond acceptors (Lipinski definition) is 6. The molecule has 2 heterocycles. The summed E-state index contributed by atoms with van der Waals surface area (Å²) in [7, 11) is 1.52. The highest BCUT2D eigenvalue weighted by molar-refractivity contribution is 7.10. The van der Waals surface area contributed by atoms with Crippen molar-refractivity contribution >= 4 is 23.1 Å². The number of benzene rings is 1. The molecular formula is C24H24FNO4S. The average molecular weight is 442 g/mol. The van der Waals surface area contributed by atoms with E-state index >= 15 is 0 Å². The molecule has 0 saturated carbocycles. The molecule has 0 fully saturated rings. The highest BCUT2D eigenvalue weighted by Gasteiger charge is 2.42. The van der Waals surface area contributed by atoms with Crippen LogP contribution in [-0.4, -0.2) is 32.1 Å². The first-order valence-electron chi connectivity index (χ1n) is 10.2. The van der Waals surface area contributed by atoms with E-state index in [1.165, 1.54) is 13.2 Å². The number of methoxy groups -OCH3 is 1. The van der Waals surface area contributed by atoms with E-state index in [-0.39, 0.29) is 30.5 Å². The van der Waals surface area contributed by atoms with Gasteiger partial charge in [-0.1, -0.05) is 24.3 Å². The van der Waals surface area contributed by atoms with Gasteiger partial charge in [-0.3, -0.25) is 4.79 Å². The molecule has 2 aromatic rings. The number of allylic oxidation sites excluding steroid dienone is 3. The van der Waals surface area contributed by atoms with Crippen molar-refractivity contribution in [2.45, 2.75) is 31.6 Å². The number of esters is 1. The van der Waals surface area contributed by atoms with Gasteiger partial charge in [0.15, 0.2) is 5.78 Å². The van der Waals surface area contributed by atoms with E-state index in [9.17, 15) is 14.0 Å². The Morgan fingerprint density at radius 2 is 2.00 bits per heavy atom. The lowest BCUT2D eigenvalue weighted by molar-refractivity contribution is -0.140. The number of thiophene rings is 1. The van der Waals surface area contributed by atoms with Crippen molar-refractivity contribution in [1.29, 1.82) is 0 Å². The van der Waals surface area contributed by atoms with E-state index in [4.69, 9.17) is 9.47 Å². The van der Waals surface area contributed by atoms with E-state index in [1.54, 1.807) is 36.5 Å². The summed E-state index contributed by atoms with van der Waals surface area (Å²) in [5.41, 5.74) is 2.37. The molecule has 5 nitrogen and oxygen atoms in total. The van der Waals surface area contributed by atoms with Gasteiger partial charge >= 0.3 is 5.97 Å². The van der Waals surface area contributed by atoms with Crippen LogP contribution >= 0.6 is 11.3 Å². The Labute approximate surface area is 184 Å². The van der Waals surface area contributed by atoms with Crippen LogP contribution in [0.4, 0.5) is 4.39 Å². The monoisotopic (exact) mass is 441 g/mol. The van der Waals surface area contributed by atoms with Crippen molar-refractivity contribution in [2.24, 2.45) is 0 Å². The minimum Gasteiger partial charge on any atom is -0.460 e. The summed E-state index contributed by atoms with van der Waals surface area (Å²) < 4.78 is 25.2. The smallest absolute Gasteiger partial charge is 0.336 e. The third kappa shape index (κ3) is 4.20. The number of halogens is 1. The second-order valence-corrected chi connectivity index (χ2v) is 8.66. The third-order valence-electron chi connectivity index (χ3n) is 5.73. The molecule has 0 unspecified atom stereocenters. The zero-order valence-electron chi connectivity index (χ0n) is 17.4. The van der Waals surface area contributed by atoms with Crippen molar-refractivity contribution in [1.82, 2.24) is 5.32 Å². The maximum Gasteiger partial charge on any atom is 0.336 e. The molecule has 1 aromatic carbocycles.